The van der Waals surface area contributed by atoms with Crippen molar-refractivity contribution in [3.8, 4) is 17.2 Å². The Hall–Kier alpha value is -3.64. The molecule has 0 bridgehead atoms. The van der Waals surface area contributed by atoms with Crippen LogP contribution < -0.4 is 10.2 Å². The quantitative estimate of drug-likeness (QED) is 0.478. The SMILES string of the molecule is O=c1cc(CN2Cc3ccccc3C2)occ1OCc1ccc(-c2ncco2)cc1. The van der Waals surface area contributed by atoms with Gasteiger partial charge in [0.15, 0.2) is 0 Å². The molecule has 0 amide bonds. The van der Waals surface area contributed by atoms with Gasteiger partial charge in [-0.25, -0.2) is 4.98 Å². The van der Waals surface area contributed by atoms with Crippen molar-refractivity contribution < 1.29 is 13.6 Å². The molecule has 0 saturated carbocycles. The molecule has 6 nitrogen and oxygen atoms in total. The predicted molar refractivity (Wildman–Crippen MR) is 111 cm³/mol. The zero-order chi connectivity index (χ0) is 20.3. The number of hydrogen-bond acceptors (Lipinski definition) is 6. The standard InChI is InChI=1S/C24H20N2O4/c27-22-11-21(14-26-12-19-3-1-2-4-20(19)13-26)29-16-23(22)30-15-17-5-7-18(8-6-17)24-25-9-10-28-24/h1-11,16H,12-15H2. The average Bonchev–Trinajstić information content (AvgIpc) is 3.43. The van der Waals surface area contributed by atoms with Gasteiger partial charge in [-0.2, -0.15) is 0 Å². The Bertz CT molecular complexity index is 1170. The number of rotatable bonds is 6. The first-order valence-electron chi connectivity index (χ1n) is 9.77. The molecule has 0 saturated heterocycles. The van der Waals surface area contributed by atoms with E-state index in [1.165, 1.54) is 29.7 Å². The van der Waals surface area contributed by atoms with E-state index in [9.17, 15) is 4.79 Å². The number of oxazole rings is 1. The van der Waals surface area contributed by atoms with Gasteiger partial charge >= 0.3 is 0 Å². The van der Waals surface area contributed by atoms with Gasteiger partial charge in [-0.05, 0) is 28.8 Å². The molecule has 3 heterocycles. The van der Waals surface area contributed by atoms with Gasteiger partial charge in [-0.15, -0.1) is 0 Å². The van der Waals surface area contributed by atoms with Crippen LogP contribution in [0.5, 0.6) is 5.75 Å². The van der Waals surface area contributed by atoms with Crippen LogP contribution in [-0.2, 0) is 26.2 Å². The Morgan fingerprint density at radius 1 is 1.00 bits per heavy atom. The largest absolute Gasteiger partial charge is 0.482 e. The van der Waals surface area contributed by atoms with Gasteiger partial charge in [-0.1, -0.05) is 36.4 Å². The monoisotopic (exact) mass is 400 g/mol. The lowest BCUT2D eigenvalue weighted by Crippen LogP contribution is -2.17. The zero-order valence-corrected chi connectivity index (χ0v) is 16.3. The minimum Gasteiger partial charge on any atom is -0.482 e. The molecule has 0 radical (unpaired) electrons. The first kappa shape index (κ1) is 18.4. The first-order valence-corrected chi connectivity index (χ1v) is 9.77. The highest BCUT2D eigenvalue weighted by Crippen LogP contribution is 2.24. The van der Waals surface area contributed by atoms with E-state index in [4.69, 9.17) is 13.6 Å². The molecule has 0 aliphatic carbocycles. The van der Waals surface area contributed by atoms with Gasteiger partial charge in [0.05, 0.1) is 12.7 Å². The first-order chi connectivity index (χ1) is 14.7. The summed E-state index contributed by atoms with van der Waals surface area (Å²) in [4.78, 5) is 18.8. The highest BCUT2D eigenvalue weighted by atomic mass is 16.5. The third-order valence-electron chi connectivity index (χ3n) is 5.17. The number of nitrogens with zero attached hydrogens (tertiary/aromatic N) is 2. The Morgan fingerprint density at radius 3 is 2.43 bits per heavy atom. The van der Waals surface area contributed by atoms with E-state index in [1.807, 2.05) is 24.3 Å². The van der Waals surface area contributed by atoms with E-state index in [0.29, 0.717) is 18.2 Å². The van der Waals surface area contributed by atoms with Crippen LogP contribution in [0.1, 0.15) is 22.5 Å². The number of benzene rings is 2. The summed E-state index contributed by atoms with van der Waals surface area (Å²) in [5.41, 5.74) is 4.30. The minimum absolute atomic E-state index is 0.177. The van der Waals surface area contributed by atoms with Gasteiger partial charge in [0.1, 0.15) is 24.9 Å². The number of fused-ring (bicyclic) bond motifs is 1. The summed E-state index contributed by atoms with van der Waals surface area (Å²) in [6.45, 7) is 2.59. The van der Waals surface area contributed by atoms with Crippen molar-refractivity contribution in [1.29, 1.82) is 0 Å². The van der Waals surface area contributed by atoms with Crippen LogP contribution in [0, 0.1) is 0 Å². The molecule has 5 rings (SSSR count). The van der Waals surface area contributed by atoms with Crippen LogP contribution in [-0.4, -0.2) is 9.88 Å². The predicted octanol–water partition coefficient (Wildman–Crippen LogP) is 4.39. The van der Waals surface area contributed by atoms with Crippen LogP contribution in [0.2, 0.25) is 0 Å². The molecule has 0 N–H and O–H groups in total. The summed E-state index contributed by atoms with van der Waals surface area (Å²) < 4.78 is 16.6. The summed E-state index contributed by atoms with van der Waals surface area (Å²) in [6.07, 6.45) is 4.55. The van der Waals surface area contributed by atoms with Gasteiger partial charge in [-0.3, -0.25) is 9.69 Å². The fourth-order valence-electron chi connectivity index (χ4n) is 3.63. The fraction of sp³-hybridized carbons (Fsp3) is 0.167. The molecule has 2 aromatic heterocycles. The molecular weight excluding hydrogens is 380 g/mol. The van der Waals surface area contributed by atoms with Crippen LogP contribution in [0.4, 0.5) is 0 Å². The van der Waals surface area contributed by atoms with Crippen LogP contribution in [0.15, 0.2) is 86.9 Å². The second kappa shape index (κ2) is 8.00. The summed E-state index contributed by atoms with van der Waals surface area (Å²) >= 11 is 0. The van der Waals surface area contributed by atoms with E-state index in [-0.39, 0.29) is 17.8 Å². The maximum Gasteiger partial charge on any atom is 0.227 e. The Kier molecular flexibility index (Phi) is 4.91. The number of hydrogen-bond donors (Lipinski definition) is 0. The van der Waals surface area contributed by atoms with Gasteiger partial charge in [0.2, 0.25) is 17.1 Å². The molecule has 6 heteroatoms. The fourth-order valence-corrected chi connectivity index (χ4v) is 3.63. The number of ether oxygens (including phenoxy) is 1. The molecular formula is C24H20N2O4. The molecule has 0 atom stereocenters. The molecule has 1 aliphatic rings. The lowest BCUT2D eigenvalue weighted by atomic mass is 10.1. The van der Waals surface area contributed by atoms with E-state index in [0.717, 1.165) is 24.2 Å². The molecule has 150 valence electrons. The summed E-state index contributed by atoms with van der Waals surface area (Å²) in [5, 5.41) is 0. The van der Waals surface area contributed by atoms with Crippen molar-refractivity contribution >= 4 is 0 Å². The van der Waals surface area contributed by atoms with Crippen LogP contribution in [0.25, 0.3) is 11.5 Å². The molecule has 0 unspecified atom stereocenters. The highest BCUT2D eigenvalue weighted by Gasteiger charge is 2.19. The van der Waals surface area contributed by atoms with Gasteiger partial charge in [0, 0.05) is 24.7 Å². The minimum atomic E-state index is -0.177. The van der Waals surface area contributed by atoms with Crippen molar-refractivity contribution in [3.05, 3.63) is 106 Å². The smallest absolute Gasteiger partial charge is 0.227 e. The van der Waals surface area contributed by atoms with Crippen molar-refractivity contribution in [2.24, 2.45) is 0 Å². The van der Waals surface area contributed by atoms with Crippen molar-refractivity contribution in [3.63, 3.8) is 0 Å². The zero-order valence-electron chi connectivity index (χ0n) is 16.3. The van der Waals surface area contributed by atoms with E-state index in [2.05, 4.69) is 34.1 Å². The normalized spacial score (nSPS) is 13.3. The second-order valence-corrected chi connectivity index (χ2v) is 7.31. The summed E-state index contributed by atoms with van der Waals surface area (Å²) in [7, 11) is 0. The Morgan fingerprint density at radius 2 is 1.77 bits per heavy atom. The molecule has 1 aliphatic heterocycles. The average molecular weight is 400 g/mol. The topological polar surface area (TPSA) is 68.7 Å². The summed E-state index contributed by atoms with van der Waals surface area (Å²) in [5.74, 6) is 1.41. The molecule has 30 heavy (non-hydrogen) atoms. The van der Waals surface area contributed by atoms with E-state index in [1.54, 1.807) is 6.20 Å². The maximum absolute atomic E-state index is 12.4. The van der Waals surface area contributed by atoms with Crippen molar-refractivity contribution in [2.45, 2.75) is 26.2 Å². The molecule has 4 aromatic rings. The second-order valence-electron chi connectivity index (χ2n) is 7.31. The third kappa shape index (κ3) is 3.90. The molecule has 2 aromatic carbocycles. The van der Waals surface area contributed by atoms with Crippen molar-refractivity contribution in [1.82, 2.24) is 9.88 Å². The van der Waals surface area contributed by atoms with Gasteiger partial charge < -0.3 is 13.6 Å². The Balaban J connectivity index is 1.20. The Labute approximate surface area is 173 Å². The molecule has 0 fully saturated rings. The number of aromatic nitrogens is 1. The molecule has 0 spiro atoms. The van der Waals surface area contributed by atoms with Crippen LogP contribution in [0.3, 0.4) is 0 Å². The van der Waals surface area contributed by atoms with E-state index < -0.39 is 0 Å². The third-order valence-corrected chi connectivity index (χ3v) is 5.17. The van der Waals surface area contributed by atoms with Crippen molar-refractivity contribution in [2.75, 3.05) is 0 Å². The lowest BCUT2D eigenvalue weighted by Gasteiger charge is -2.14. The van der Waals surface area contributed by atoms with E-state index >= 15 is 0 Å². The highest BCUT2D eigenvalue weighted by molar-refractivity contribution is 5.53. The van der Waals surface area contributed by atoms with Crippen LogP contribution >= 0.6 is 0 Å². The van der Waals surface area contributed by atoms with Gasteiger partial charge in [0.25, 0.3) is 0 Å². The summed E-state index contributed by atoms with van der Waals surface area (Å²) in [6, 6.07) is 17.5. The maximum atomic E-state index is 12.4. The lowest BCUT2D eigenvalue weighted by molar-refractivity contribution is 0.241.